The van der Waals surface area contributed by atoms with Crippen molar-refractivity contribution in [3.05, 3.63) is 31.2 Å². The first kappa shape index (κ1) is 12.1. The van der Waals surface area contributed by atoms with E-state index in [0.717, 1.165) is 0 Å². The van der Waals surface area contributed by atoms with Crippen LogP contribution in [0.25, 0.3) is 0 Å². The third-order valence-electron chi connectivity index (χ3n) is 1.44. The third kappa shape index (κ3) is 3.00. The fourth-order valence-corrected chi connectivity index (χ4v) is 2.22. The lowest BCUT2D eigenvalue weighted by molar-refractivity contribution is -0.385. The number of rotatable bonds is 2. The van der Waals surface area contributed by atoms with E-state index in [9.17, 15) is 14.9 Å². The van der Waals surface area contributed by atoms with Crippen molar-refractivity contribution < 1.29 is 14.5 Å². The Bertz CT molecular complexity index is 410. The molecule has 0 N–H and O–H groups in total. The zero-order valence-electron chi connectivity index (χ0n) is 7.49. The van der Waals surface area contributed by atoms with Crippen LogP contribution in [0.3, 0.4) is 0 Å². The quantitative estimate of drug-likeness (QED) is 0.359. The standard InChI is InChI=1S/C8H5Br2NO4/c1-4(12)15-8-6(9)2-5(11(13)14)3-7(8)10/h2-3H,1H3. The fourth-order valence-electron chi connectivity index (χ4n) is 0.893. The van der Waals surface area contributed by atoms with Crippen LogP contribution in [0.15, 0.2) is 21.1 Å². The molecule has 0 aromatic heterocycles. The summed E-state index contributed by atoms with van der Waals surface area (Å²) in [5, 5.41) is 10.5. The molecule has 0 radical (unpaired) electrons. The van der Waals surface area contributed by atoms with Crippen molar-refractivity contribution in [3.8, 4) is 5.75 Å². The molecule has 15 heavy (non-hydrogen) atoms. The summed E-state index contributed by atoms with van der Waals surface area (Å²) in [6, 6.07) is 2.53. The third-order valence-corrected chi connectivity index (χ3v) is 2.62. The number of benzene rings is 1. The molecule has 0 unspecified atom stereocenters. The van der Waals surface area contributed by atoms with E-state index in [1.165, 1.54) is 19.1 Å². The number of carbonyl (C=O) groups is 1. The van der Waals surface area contributed by atoms with Gasteiger partial charge in [0.2, 0.25) is 0 Å². The van der Waals surface area contributed by atoms with Crippen LogP contribution < -0.4 is 4.74 Å². The summed E-state index contributed by atoms with van der Waals surface area (Å²) in [5.41, 5.74) is -0.0929. The highest BCUT2D eigenvalue weighted by Gasteiger charge is 2.16. The molecule has 0 aliphatic heterocycles. The minimum atomic E-state index is -0.535. The first-order valence-electron chi connectivity index (χ1n) is 3.73. The van der Waals surface area contributed by atoms with E-state index in [4.69, 9.17) is 4.74 Å². The van der Waals surface area contributed by atoms with Crippen LogP contribution in [-0.4, -0.2) is 10.9 Å². The SMILES string of the molecule is CC(=O)Oc1c(Br)cc([N+](=O)[O-])cc1Br. The van der Waals surface area contributed by atoms with Crippen LogP contribution in [0.2, 0.25) is 0 Å². The van der Waals surface area contributed by atoms with E-state index >= 15 is 0 Å². The van der Waals surface area contributed by atoms with E-state index in [1.807, 2.05) is 0 Å². The molecule has 0 amide bonds. The van der Waals surface area contributed by atoms with Gasteiger partial charge in [-0.15, -0.1) is 0 Å². The predicted octanol–water partition coefficient (Wildman–Crippen LogP) is 3.05. The smallest absolute Gasteiger partial charge is 0.308 e. The first-order valence-corrected chi connectivity index (χ1v) is 5.32. The molecule has 5 nitrogen and oxygen atoms in total. The van der Waals surface area contributed by atoms with E-state index < -0.39 is 10.9 Å². The minimum Gasteiger partial charge on any atom is -0.424 e. The Labute approximate surface area is 102 Å². The number of nitro benzene ring substituents is 1. The molecule has 0 spiro atoms. The lowest BCUT2D eigenvalue weighted by atomic mass is 10.3. The van der Waals surface area contributed by atoms with Gasteiger partial charge in [0.25, 0.3) is 5.69 Å². The number of hydrogen-bond donors (Lipinski definition) is 0. The summed E-state index contributed by atoms with van der Waals surface area (Å²) in [6.07, 6.45) is 0. The van der Waals surface area contributed by atoms with Crippen molar-refractivity contribution in [2.24, 2.45) is 0 Å². The monoisotopic (exact) mass is 337 g/mol. The van der Waals surface area contributed by atoms with Crippen molar-refractivity contribution in [1.82, 2.24) is 0 Å². The number of hydrogen-bond acceptors (Lipinski definition) is 4. The maximum atomic E-state index is 10.7. The largest absolute Gasteiger partial charge is 0.424 e. The number of ether oxygens (including phenoxy) is 1. The van der Waals surface area contributed by atoms with Gasteiger partial charge in [-0.1, -0.05) is 0 Å². The lowest BCUT2D eigenvalue weighted by Crippen LogP contribution is -2.03. The number of nitrogens with zero attached hydrogens (tertiary/aromatic N) is 1. The van der Waals surface area contributed by atoms with Gasteiger partial charge < -0.3 is 4.74 Å². The highest BCUT2D eigenvalue weighted by atomic mass is 79.9. The molecule has 0 saturated carbocycles. The lowest BCUT2D eigenvalue weighted by Gasteiger charge is -2.06. The normalized spacial score (nSPS) is 9.80. The van der Waals surface area contributed by atoms with E-state index in [2.05, 4.69) is 31.9 Å². The van der Waals surface area contributed by atoms with Gasteiger partial charge in [0.15, 0.2) is 5.75 Å². The van der Waals surface area contributed by atoms with Crippen molar-refractivity contribution in [1.29, 1.82) is 0 Å². The number of non-ortho nitro benzene ring substituents is 1. The molecule has 1 aromatic rings. The van der Waals surface area contributed by atoms with Gasteiger partial charge in [-0.05, 0) is 31.9 Å². The molecule has 80 valence electrons. The number of halogens is 2. The second-order valence-electron chi connectivity index (χ2n) is 2.59. The fraction of sp³-hybridized carbons (Fsp3) is 0.125. The van der Waals surface area contributed by atoms with Crippen molar-refractivity contribution in [3.63, 3.8) is 0 Å². The van der Waals surface area contributed by atoms with E-state index in [0.29, 0.717) is 8.95 Å². The van der Waals surface area contributed by atoms with Crippen LogP contribution in [0.5, 0.6) is 5.75 Å². The Kier molecular flexibility index (Phi) is 3.81. The summed E-state index contributed by atoms with van der Waals surface area (Å²) >= 11 is 6.17. The Morgan fingerprint density at radius 3 is 2.20 bits per heavy atom. The molecule has 0 saturated heterocycles. The summed E-state index contributed by atoms with van der Waals surface area (Å²) in [5.74, 6) is -0.265. The number of carbonyl (C=O) groups excluding carboxylic acids is 1. The molecule has 0 fully saturated rings. The summed E-state index contributed by atoms with van der Waals surface area (Å²) in [6.45, 7) is 1.25. The van der Waals surface area contributed by atoms with Crippen molar-refractivity contribution >= 4 is 43.5 Å². The summed E-state index contributed by atoms with van der Waals surface area (Å²) in [4.78, 5) is 20.7. The second kappa shape index (κ2) is 4.71. The number of esters is 1. The van der Waals surface area contributed by atoms with Gasteiger partial charge in [0.1, 0.15) is 0 Å². The topological polar surface area (TPSA) is 69.4 Å². The van der Waals surface area contributed by atoms with Gasteiger partial charge in [-0.3, -0.25) is 14.9 Å². The van der Waals surface area contributed by atoms with Crippen LogP contribution in [0.4, 0.5) is 5.69 Å². The van der Waals surface area contributed by atoms with Crippen LogP contribution in [0, 0.1) is 10.1 Å². The average Bonchev–Trinajstić information content (AvgIpc) is 2.10. The van der Waals surface area contributed by atoms with Crippen LogP contribution in [0.1, 0.15) is 6.92 Å². The molecular weight excluding hydrogens is 334 g/mol. The zero-order chi connectivity index (χ0) is 11.6. The Hall–Kier alpha value is -0.950. The van der Waals surface area contributed by atoms with Gasteiger partial charge >= 0.3 is 5.97 Å². The molecule has 0 aliphatic rings. The van der Waals surface area contributed by atoms with Gasteiger partial charge in [0.05, 0.1) is 13.9 Å². The molecule has 1 rings (SSSR count). The highest BCUT2D eigenvalue weighted by Crippen LogP contribution is 2.37. The van der Waals surface area contributed by atoms with Gasteiger partial charge in [-0.25, -0.2) is 0 Å². The van der Waals surface area contributed by atoms with Gasteiger partial charge in [0, 0.05) is 19.1 Å². The van der Waals surface area contributed by atoms with Gasteiger partial charge in [-0.2, -0.15) is 0 Å². The molecule has 1 aromatic carbocycles. The Morgan fingerprint density at radius 2 is 1.87 bits per heavy atom. The molecule has 0 atom stereocenters. The minimum absolute atomic E-state index is 0.0929. The van der Waals surface area contributed by atoms with Crippen molar-refractivity contribution in [2.75, 3.05) is 0 Å². The molecule has 7 heteroatoms. The second-order valence-corrected chi connectivity index (χ2v) is 4.30. The molecule has 0 aliphatic carbocycles. The zero-order valence-corrected chi connectivity index (χ0v) is 10.7. The Balaban J connectivity index is 3.21. The highest BCUT2D eigenvalue weighted by molar-refractivity contribution is 9.11. The maximum Gasteiger partial charge on any atom is 0.308 e. The van der Waals surface area contributed by atoms with Crippen molar-refractivity contribution in [2.45, 2.75) is 6.92 Å². The first-order chi connectivity index (χ1) is 6.91. The Morgan fingerprint density at radius 1 is 1.40 bits per heavy atom. The van der Waals surface area contributed by atoms with E-state index in [-0.39, 0.29) is 11.4 Å². The average molecular weight is 339 g/mol. The molecular formula is C8H5Br2NO4. The van der Waals surface area contributed by atoms with Crippen LogP contribution >= 0.6 is 31.9 Å². The summed E-state index contributed by atoms with van der Waals surface area (Å²) < 4.78 is 5.55. The van der Waals surface area contributed by atoms with Crippen LogP contribution in [-0.2, 0) is 4.79 Å². The molecule has 0 bridgehead atoms. The summed E-state index contributed by atoms with van der Waals surface area (Å²) in [7, 11) is 0. The predicted molar refractivity (Wildman–Crippen MR) is 59.8 cm³/mol. The maximum absolute atomic E-state index is 10.7. The number of nitro groups is 1. The van der Waals surface area contributed by atoms with E-state index in [1.54, 1.807) is 0 Å². The molecule has 0 heterocycles.